The van der Waals surface area contributed by atoms with E-state index in [-0.39, 0.29) is 12.5 Å². The summed E-state index contributed by atoms with van der Waals surface area (Å²) in [5, 5.41) is 16.7. The number of urea groups is 1. The number of para-hydroxylation sites is 1. The maximum Gasteiger partial charge on any atom is 0.325 e. The smallest absolute Gasteiger partial charge is 0.319 e. The van der Waals surface area contributed by atoms with Crippen LogP contribution < -0.4 is 5.32 Å². The predicted octanol–water partition coefficient (Wildman–Crippen LogP) is 2.01. The van der Waals surface area contributed by atoms with E-state index in [1.807, 2.05) is 41.8 Å². The molecule has 0 bridgehead atoms. The highest BCUT2D eigenvalue weighted by Crippen LogP contribution is 2.42. The predicted molar refractivity (Wildman–Crippen MR) is 97.2 cm³/mol. The maximum absolute atomic E-state index is 13.3. The lowest BCUT2D eigenvalue weighted by atomic mass is 9.80. The quantitative estimate of drug-likeness (QED) is 0.702. The van der Waals surface area contributed by atoms with Gasteiger partial charge in [-0.15, -0.1) is 16.4 Å². The van der Waals surface area contributed by atoms with Crippen LogP contribution in [0.25, 0.3) is 5.69 Å². The van der Waals surface area contributed by atoms with Gasteiger partial charge in [0, 0.05) is 10.4 Å². The second kappa shape index (κ2) is 5.98. The fourth-order valence-corrected chi connectivity index (χ4v) is 4.90. The summed E-state index contributed by atoms with van der Waals surface area (Å²) in [6.07, 6.45) is 2.43. The Kier molecular flexibility index (Phi) is 3.57. The van der Waals surface area contributed by atoms with E-state index in [0.29, 0.717) is 12.2 Å². The number of nitrogens with one attached hydrogen (secondary N) is 1. The van der Waals surface area contributed by atoms with Gasteiger partial charge in [0.25, 0.3) is 5.91 Å². The van der Waals surface area contributed by atoms with Gasteiger partial charge < -0.3 is 5.32 Å². The fraction of sp³-hybridized carbons (Fsp3) is 0.278. The molecule has 1 saturated heterocycles. The Labute approximate surface area is 158 Å². The van der Waals surface area contributed by atoms with Crippen LogP contribution in [0.15, 0.2) is 41.8 Å². The van der Waals surface area contributed by atoms with E-state index in [1.165, 1.54) is 9.78 Å². The highest BCUT2D eigenvalue weighted by atomic mass is 32.1. The van der Waals surface area contributed by atoms with Crippen molar-refractivity contribution in [2.24, 2.45) is 0 Å². The molecule has 2 aliphatic rings. The number of carbonyl (C=O) groups is 2. The zero-order valence-corrected chi connectivity index (χ0v) is 15.1. The first kappa shape index (κ1) is 16.1. The maximum atomic E-state index is 13.3. The van der Waals surface area contributed by atoms with Crippen molar-refractivity contribution in [1.29, 1.82) is 0 Å². The summed E-state index contributed by atoms with van der Waals surface area (Å²) >= 11 is 1.64. The van der Waals surface area contributed by atoms with Crippen molar-refractivity contribution in [3.05, 3.63) is 58.0 Å². The summed E-state index contributed by atoms with van der Waals surface area (Å²) < 4.78 is 1.54. The van der Waals surface area contributed by atoms with Crippen molar-refractivity contribution in [1.82, 2.24) is 30.4 Å². The van der Waals surface area contributed by atoms with Crippen molar-refractivity contribution in [3.8, 4) is 5.69 Å². The van der Waals surface area contributed by atoms with Crippen molar-refractivity contribution in [3.63, 3.8) is 0 Å². The van der Waals surface area contributed by atoms with E-state index < -0.39 is 11.6 Å². The van der Waals surface area contributed by atoms with Gasteiger partial charge in [0.2, 0.25) is 0 Å². The summed E-state index contributed by atoms with van der Waals surface area (Å²) in [6.45, 7) is 0.0216. The summed E-state index contributed by atoms with van der Waals surface area (Å²) in [6, 6.07) is 10.9. The Hall–Kier alpha value is -3.07. The van der Waals surface area contributed by atoms with Crippen molar-refractivity contribution >= 4 is 23.3 Å². The highest BCUT2D eigenvalue weighted by molar-refractivity contribution is 7.10. The number of aryl methyl sites for hydroxylation is 1. The van der Waals surface area contributed by atoms with Gasteiger partial charge >= 0.3 is 6.03 Å². The first-order chi connectivity index (χ1) is 13.2. The number of amides is 3. The van der Waals surface area contributed by atoms with E-state index in [2.05, 4.69) is 20.8 Å². The molecule has 0 radical (unpaired) electrons. The average molecular weight is 380 g/mol. The number of thiophene rings is 1. The van der Waals surface area contributed by atoms with Crippen molar-refractivity contribution < 1.29 is 9.59 Å². The molecule has 0 saturated carbocycles. The van der Waals surface area contributed by atoms with Gasteiger partial charge in [-0.05, 0) is 53.3 Å². The molecular formula is C18H16N6O2S. The number of imide groups is 1. The van der Waals surface area contributed by atoms with Gasteiger partial charge in [-0.25, -0.2) is 4.79 Å². The molecule has 2 aromatic heterocycles. The summed E-state index contributed by atoms with van der Waals surface area (Å²) in [7, 11) is 0. The summed E-state index contributed by atoms with van der Waals surface area (Å²) in [5.41, 5.74) is 0.759. The summed E-state index contributed by atoms with van der Waals surface area (Å²) in [5.74, 6) is 0.206. The number of fused-ring (bicyclic) bond motifs is 2. The standard InChI is InChI=1S/C18H16N6O2S/c25-16-18(9-4-7-14-13(18)8-10-27-14)19-17(26)23(16)11-15-20-21-22-24(15)12-5-2-1-3-6-12/h1-3,5-6,8,10H,4,7,9,11H2,(H,19,26). The second-order valence-corrected chi connectivity index (χ2v) is 7.68. The van der Waals surface area contributed by atoms with Crippen LogP contribution in [-0.4, -0.2) is 37.0 Å². The molecule has 1 unspecified atom stereocenters. The number of benzene rings is 1. The SMILES string of the molecule is O=C1NC2(CCCc3sccc32)C(=O)N1Cc1nnnn1-c1ccccc1. The Balaban J connectivity index is 1.48. The minimum Gasteiger partial charge on any atom is -0.319 e. The molecule has 1 spiro atoms. The first-order valence-corrected chi connectivity index (χ1v) is 9.61. The molecule has 3 amide bonds. The number of hydrogen-bond acceptors (Lipinski definition) is 6. The van der Waals surface area contributed by atoms with Crippen LogP contribution in [-0.2, 0) is 23.3 Å². The van der Waals surface area contributed by atoms with E-state index in [0.717, 1.165) is 24.1 Å². The first-order valence-electron chi connectivity index (χ1n) is 8.73. The van der Waals surface area contributed by atoms with Crippen LogP contribution in [0.3, 0.4) is 0 Å². The average Bonchev–Trinajstić information content (AvgIpc) is 3.40. The number of aromatic nitrogens is 4. The van der Waals surface area contributed by atoms with Gasteiger partial charge in [-0.2, -0.15) is 4.68 Å². The number of nitrogens with zero attached hydrogens (tertiary/aromatic N) is 5. The zero-order valence-electron chi connectivity index (χ0n) is 14.3. The molecule has 3 heterocycles. The molecule has 8 nitrogen and oxygen atoms in total. The van der Waals surface area contributed by atoms with Crippen LogP contribution in [0.5, 0.6) is 0 Å². The lowest BCUT2D eigenvalue weighted by Crippen LogP contribution is -2.46. The number of tetrazole rings is 1. The molecule has 27 heavy (non-hydrogen) atoms. The molecule has 9 heteroatoms. The number of carbonyl (C=O) groups excluding carboxylic acids is 2. The van der Waals surface area contributed by atoms with Gasteiger partial charge in [0.1, 0.15) is 5.54 Å². The third kappa shape index (κ3) is 2.38. The third-order valence-electron chi connectivity index (χ3n) is 5.17. The van der Waals surface area contributed by atoms with Crippen molar-refractivity contribution in [2.45, 2.75) is 31.3 Å². The molecule has 1 aliphatic heterocycles. The van der Waals surface area contributed by atoms with Crippen LogP contribution in [0.1, 0.15) is 29.1 Å². The topological polar surface area (TPSA) is 93.0 Å². The van der Waals surface area contributed by atoms with Crippen LogP contribution in [0.4, 0.5) is 4.79 Å². The second-order valence-electron chi connectivity index (χ2n) is 6.68. The largest absolute Gasteiger partial charge is 0.325 e. The van der Waals surface area contributed by atoms with Crippen LogP contribution >= 0.6 is 11.3 Å². The number of rotatable bonds is 3. The van der Waals surface area contributed by atoms with E-state index in [4.69, 9.17) is 0 Å². The molecule has 1 atom stereocenters. The lowest BCUT2D eigenvalue weighted by molar-refractivity contribution is -0.132. The van der Waals surface area contributed by atoms with E-state index >= 15 is 0 Å². The van der Waals surface area contributed by atoms with E-state index in [1.54, 1.807) is 16.0 Å². The van der Waals surface area contributed by atoms with Gasteiger partial charge in [0.05, 0.1) is 12.2 Å². The molecule has 136 valence electrons. The normalized spacial score (nSPS) is 21.6. The Bertz CT molecular complexity index is 1030. The van der Waals surface area contributed by atoms with Gasteiger partial charge in [-0.1, -0.05) is 18.2 Å². The van der Waals surface area contributed by atoms with Crippen LogP contribution in [0, 0.1) is 0 Å². The molecule has 1 aliphatic carbocycles. The molecule has 1 aromatic carbocycles. The van der Waals surface area contributed by atoms with Gasteiger partial charge in [0.15, 0.2) is 5.82 Å². The Morgan fingerprint density at radius 3 is 2.89 bits per heavy atom. The highest BCUT2D eigenvalue weighted by Gasteiger charge is 2.54. The molecule has 3 aromatic rings. The summed E-state index contributed by atoms with van der Waals surface area (Å²) in [4.78, 5) is 28.4. The monoisotopic (exact) mass is 380 g/mol. The lowest BCUT2D eigenvalue weighted by Gasteiger charge is -2.31. The molecule has 5 rings (SSSR count). The number of hydrogen-bond donors (Lipinski definition) is 1. The fourth-order valence-electron chi connectivity index (χ4n) is 3.90. The molecule has 1 N–H and O–H groups in total. The zero-order chi connectivity index (χ0) is 18.4. The molecular weight excluding hydrogens is 364 g/mol. The van der Waals surface area contributed by atoms with Gasteiger partial charge in [-0.3, -0.25) is 9.69 Å². The van der Waals surface area contributed by atoms with Crippen molar-refractivity contribution in [2.75, 3.05) is 0 Å². The van der Waals surface area contributed by atoms with Crippen LogP contribution in [0.2, 0.25) is 0 Å². The third-order valence-corrected chi connectivity index (χ3v) is 6.15. The Morgan fingerprint density at radius 2 is 2.04 bits per heavy atom. The minimum atomic E-state index is -0.949. The minimum absolute atomic E-state index is 0.0216. The molecule has 1 fully saturated rings. The van der Waals surface area contributed by atoms with E-state index in [9.17, 15) is 9.59 Å². The Morgan fingerprint density at radius 1 is 1.19 bits per heavy atom.